The van der Waals surface area contributed by atoms with E-state index in [0.29, 0.717) is 47.3 Å². The van der Waals surface area contributed by atoms with E-state index < -0.39 is 57.8 Å². The molecule has 9 rings (SSSR count). The molecule has 0 aromatic heterocycles. The normalized spacial score (nSPS) is 32.4. The van der Waals surface area contributed by atoms with Crippen molar-refractivity contribution in [3.05, 3.63) is 182 Å². The Morgan fingerprint density at radius 1 is 0.521 bits per heavy atom. The second-order valence-electron chi connectivity index (χ2n) is 24.8. The summed E-state index contributed by atoms with van der Waals surface area (Å²) in [5, 5.41) is 1.70. The van der Waals surface area contributed by atoms with E-state index in [9.17, 15) is 0 Å². The van der Waals surface area contributed by atoms with Crippen molar-refractivity contribution < 1.29 is 41.7 Å². The molecule has 1 aromatic carbocycles. The van der Waals surface area contributed by atoms with Gasteiger partial charge in [0.2, 0.25) is 0 Å². The zero-order valence-electron chi connectivity index (χ0n) is 47.7. The second kappa shape index (κ2) is 31.1. The van der Waals surface area contributed by atoms with Crippen LogP contribution in [0.25, 0.3) is 0 Å². The first kappa shape index (κ1) is 69.1. The van der Waals surface area contributed by atoms with Gasteiger partial charge in [0.15, 0.2) is 0 Å². The first-order valence-electron chi connectivity index (χ1n) is 26.6. The topological polar surface area (TPSA) is 0 Å². The summed E-state index contributed by atoms with van der Waals surface area (Å²) in [7, 11) is 16.5. The predicted octanol–water partition coefficient (Wildman–Crippen LogP) is 21.5. The van der Waals surface area contributed by atoms with E-state index in [1.54, 1.807) is 16.3 Å². The molecule has 13 atom stereocenters. The zero-order chi connectivity index (χ0) is 50.1. The molecule has 0 amide bonds. The molecule has 0 nitrogen and oxygen atoms in total. The van der Waals surface area contributed by atoms with Crippen molar-refractivity contribution in [2.45, 2.75) is 148 Å². The fraction of sp³-hybridized carbons (Fsp3) is 0.538. The third-order valence-corrected chi connectivity index (χ3v) is 29.9. The summed E-state index contributed by atoms with van der Waals surface area (Å²) in [6.07, 6.45) is 53.2. The van der Waals surface area contributed by atoms with Crippen LogP contribution in [0.5, 0.6) is 0 Å². The Kier molecular flexibility index (Phi) is 29.4. The van der Waals surface area contributed by atoms with Crippen LogP contribution in [0.3, 0.4) is 0 Å². The summed E-state index contributed by atoms with van der Waals surface area (Å²) in [6.45, 7) is 30.6. The van der Waals surface area contributed by atoms with Crippen LogP contribution in [0.4, 0.5) is 0 Å². The van der Waals surface area contributed by atoms with Gasteiger partial charge >= 0.3 is 75.7 Å². The van der Waals surface area contributed by atoms with Crippen LogP contribution < -0.4 is 5.19 Å². The first-order chi connectivity index (χ1) is 32.9. The summed E-state index contributed by atoms with van der Waals surface area (Å²) in [5.74, 6) is 7.39. The van der Waals surface area contributed by atoms with Gasteiger partial charge in [-0.05, 0) is 142 Å². The van der Waals surface area contributed by atoms with E-state index in [4.69, 9.17) is 34.1 Å². The molecule has 13 unspecified atom stereocenters. The maximum atomic E-state index is 4.93. The van der Waals surface area contributed by atoms with Crippen molar-refractivity contribution in [3.8, 4) is 0 Å². The van der Waals surface area contributed by atoms with Crippen molar-refractivity contribution in [1.29, 1.82) is 0 Å². The van der Waals surface area contributed by atoms with Gasteiger partial charge in [0, 0.05) is 0 Å². The van der Waals surface area contributed by atoms with E-state index in [1.165, 1.54) is 64.2 Å². The van der Waals surface area contributed by atoms with Gasteiger partial charge in [-0.1, -0.05) is 220 Å². The molecule has 0 N–H and O–H groups in total. The Hall–Kier alpha value is -0.0200. The molecule has 4 fully saturated rings. The molecule has 0 aliphatic heterocycles. The minimum absolute atomic E-state index is 0. The summed E-state index contributed by atoms with van der Waals surface area (Å²) in [4.78, 5) is 0. The molecule has 0 heterocycles. The average Bonchev–Trinajstić information content (AvgIpc) is 4.14. The van der Waals surface area contributed by atoms with Crippen molar-refractivity contribution >= 4 is 55.4 Å². The summed E-state index contributed by atoms with van der Waals surface area (Å²) >= 11 is -1.65. The number of hydrogen-bond donors (Lipinski definition) is 0. The summed E-state index contributed by atoms with van der Waals surface area (Å²) < 4.78 is 0. The molecule has 0 bridgehead atoms. The number of benzene rings is 1. The Labute approximate surface area is 491 Å². The first-order valence-corrected chi connectivity index (χ1v) is 45.1. The van der Waals surface area contributed by atoms with Gasteiger partial charge in [-0.15, -0.1) is 13.2 Å². The maximum absolute atomic E-state index is 4.93. The Morgan fingerprint density at radius 2 is 0.890 bits per heavy atom. The van der Waals surface area contributed by atoms with Gasteiger partial charge in [-0.2, -0.15) is 0 Å². The predicted molar refractivity (Wildman–Crippen MR) is 331 cm³/mol. The van der Waals surface area contributed by atoms with Crippen LogP contribution in [0, 0.1) is 99.7 Å². The minimum atomic E-state index is -1.75. The Balaban J connectivity index is 0.000000431. The molecular formula is C65H98Cl4Si2Zr2. The van der Waals surface area contributed by atoms with E-state index >= 15 is 0 Å². The van der Waals surface area contributed by atoms with Crippen LogP contribution >= 0.6 is 34.1 Å². The molecule has 8 heteroatoms. The quantitative estimate of drug-likeness (QED) is 0.118. The van der Waals surface area contributed by atoms with Gasteiger partial charge in [-0.25, -0.2) is 0 Å². The van der Waals surface area contributed by atoms with Crippen molar-refractivity contribution in [2.24, 2.45) is 70.0 Å². The van der Waals surface area contributed by atoms with Crippen molar-refractivity contribution in [1.82, 2.24) is 0 Å². The molecule has 8 aliphatic carbocycles. The van der Waals surface area contributed by atoms with Crippen molar-refractivity contribution in [3.63, 3.8) is 0 Å². The molecular weight excluding hydrogens is 1160 g/mol. The fourth-order valence-corrected chi connectivity index (χ4v) is 26.5. The van der Waals surface area contributed by atoms with E-state index in [1.807, 2.05) is 0 Å². The van der Waals surface area contributed by atoms with Gasteiger partial charge in [0.05, 0.1) is 16.1 Å². The molecule has 1 aromatic rings. The number of hydrogen-bond acceptors (Lipinski definition) is 0. The molecule has 4 saturated carbocycles. The average molecular weight is 1260 g/mol. The van der Waals surface area contributed by atoms with Gasteiger partial charge in [-0.3, -0.25) is 0 Å². The molecule has 73 heavy (non-hydrogen) atoms. The number of rotatable bonds is 11. The number of halogens is 4. The monoisotopic (exact) mass is 1250 g/mol. The van der Waals surface area contributed by atoms with Crippen LogP contribution in [-0.4, -0.2) is 16.1 Å². The van der Waals surface area contributed by atoms with Gasteiger partial charge < -0.3 is 29.7 Å². The number of allylic oxidation sites excluding steroid dienone is 18. The van der Waals surface area contributed by atoms with Crippen LogP contribution in [-0.2, 0) is 41.7 Å². The van der Waals surface area contributed by atoms with Gasteiger partial charge in [0.1, 0.15) is 0 Å². The fourth-order valence-electron chi connectivity index (χ4n) is 15.3. The van der Waals surface area contributed by atoms with Gasteiger partial charge in [0.25, 0.3) is 0 Å². The van der Waals surface area contributed by atoms with E-state index in [0.717, 1.165) is 34.0 Å². The van der Waals surface area contributed by atoms with Crippen LogP contribution in [0.15, 0.2) is 152 Å². The molecule has 0 spiro atoms. The Morgan fingerprint density at radius 3 is 1.29 bits per heavy atom. The number of fused-ring (bicyclic) bond motifs is 6. The second-order valence-corrected chi connectivity index (χ2v) is 42.0. The van der Waals surface area contributed by atoms with E-state index in [-0.39, 0.29) is 40.5 Å². The third-order valence-electron chi connectivity index (χ3n) is 18.8. The van der Waals surface area contributed by atoms with Crippen LogP contribution in [0.1, 0.15) is 106 Å². The third kappa shape index (κ3) is 16.1. The molecule has 0 saturated heterocycles. The summed E-state index contributed by atoms with van der Waals surface area (Å²) in [5.41, 5.74) is 7.12. The standard InChI is InChI=1S/C32H50Si.C29H36Si.4CH3.4ClH.2Zr/c1-10-11-12-22-13-16-25(19-22)33(8,9)30-28-20-23(31(2,3)4)14-17-26(28)27-18-15-24(21-29(27)30)32(5,6)7;1-3-4-12-22-19-20-24(21-22)30(2,23-13-6-5-7-14-23)29-27-17-10-8-15-25(27)26-16-9-11-18-28(26)29;;;;;;;;;;/h10,14-15,17-18,20-22,25-30H,1,11-13,16,19H2,2-9H3;3,5-11,13-18,22,24-29H,1,4,12,19-21H2,2H3;4*1H3;4*1H;;/q;;4*-1;;;;;2*+4/p-4. The van der Waals surface area contributed by atoms with E-state index in [2.05, 4.69) is 202 Å². The SMILES string of the molecule is C=CCCC1CCC([Si](C)(C)C2C3C=C(C(C)(C)C)C=CC3C3C=CC(C(C)(C)C)=CC32)C1.C=CCCC1CCC([Si](C)(c2ccccc2)C2C3C=CC=CC3C3C=CC=CC32)C1.[CH3-].[CH3-].[CH3-].[CH3-].[Cl][Zr+2][Cl].[Cl][Zr+2][Cl]. The molecule has 8 aliphatic rings. The summed E-state index contributed by atoms with van der Waals surface area (Å²) in [6, 6.07) is 11.8. The molecule has 0 radical (unpaired) electrons. The Bertz CT molecular complexity index is 2020. The van der Waals surface area contributed by atoms with Crippen LogP contribution in [0.2, 0.25) is 41.8 Å². The molecule has 402 valence electrons. The van der Waals surface area contributed by atoms with Crippen molar-refractivity contribution in [2.75, 3.05) is 0 Å². The zero-order valence-corrected chi connectivity index (χ0v) is 57.6.